The lowest BCUT2D eigenvalue weighted by Crippen LogP contribution is -2.12. The Bertz CT molecular complexity index is 185. The van der Waals surface area contributed by atoms with Gasteiger partial charge in [-0.1, -0.05) is 12.1 Å². The van der Waals surface area contributed by atoms with Crippen molar-refractivity contribution in [3.05, 3.63) is 24.3 Å². The summed E-state index contributed by atoms with van der Waals surface area (Å²) in [6, 6.07) is 7.18. The summed E-state index contributed by atoms with van der Waals surface area (Å²) in [5.74, 6) is 0. The second-order valence-corrected chi connectivity index (χ2v) is 2.53. The highest BCUT2D eigenvalue weighted by molar-refractivity contribution is 6.45. The largest absolute Gasteiger partial charge is 0.428 e. The van der Waals surface area contributed by atoms with Gasteiger partial charge in [-0.3, -0.25) is 0 Å². The number of rotatable bonds is 1. The van der Waals surface area contributed by atoms with Crippen LogP contribution in [0.15, 0.2) is 24.3 Å². The highest BCUT2D eigenvalue weighted by Gasteiger charge is 1.88. The Labute approximate surface area is 56.3 Å². The summed E-state index contributed by atoms with van der Waals surface area (Å²) < 4.78 is 0. The van der Waals surface area contributed by atoms with Gasteiger partial charge in [0.25, 0.3) is 9.76 Å². The smallest absolute Gasteiger partial charge is 0.265 e. The zero-order valence-corrected chi connectivity index (χ0v) is 5.83. The molecule has 0 atom stereocenters. The van der Waals surface area contributed by atoms with Crippen LogP contribution in [0.2, 0.25) is 0 Å². The molecule has 0 saturated heterocycles. The van der Waals surface area contributed by atoms with Crippen molar-refractivity contribution in [3.8, 4) is 0 Å². The lowest BCUT2D eigenvalue weighted by atomic mass is 10.3. The van der Waals surface area contributed by atoms with E-state index in [0.29, 0.717) is 0 Å². The molecule has 0 fully saturated rings. The van der Waals surface area contributed by atoms with Gasteiger partial charge in [-0.05, 0) is 17.3 Å². The lowest BCUT2D eigenvalue weighted by molar-refractivity contribution is 0.615. The molecule has 1 aromatic carbocycles. The summed E-state index contributed by atoms with van der Waals surface area (Å²) in [6.45, 7) is 0. The van der Waals surface area contributed by atoms with Gasteiger partial charge in [0.05, 0.1) is 0 Å². The molecule has 0 aliphatic carbocycles. The SMILES string of the molecule is Nc1ccc([Si]O)cc1. The van der Waals surface area contributed by atoms with Gasteiger partial charge in [0.15, 0.2) is 0 Å². The Kier molecular flexibility index (Phi) is 1.87. The molecular formula is C6H7NOSi. The molecule has 2 nitrogen and oxygen atoms in total. The van der Waals surface area contributed by atoms with Gasteiger partial charge in [-0.25, -0.2) is 0 Å². The zero-order chi connectivity index (χ0) is 6.69. The first-order chi connectivity index (χ1) is 4.33. The van der Waals surface area contributed by atoms with Crippen LogP contribution in [0.4, 0.5) is 5.69 Å². The molecule has 1 rings (SSSR count). The van der Waals surface area contributed by atoms with Crippen molar-refractivity contribution in [1.82, 2.24) is 0 Å². The third kappa shape index (κ3) is 1.55. The molecule has 0 amide bonds. The first-order valence-corrected chi connectivity index (χ1v) is 3.53. The van der Waals surface area contributed by atoms with Gasteiger partial charge in [-0.2, -0.15) is 0 Å². The highest BCUT2D eigenvalue weighted by atomic mass is 28.2. The van der Waals surface area contributed by atoms with Crippen molar-refractivity contribution in [2.45, 2.75) is 0 Å². The first-order valence-electron chi connectivity index (χ1n) is 2.58. The van der Waals surface area contributed by atoms with E-state index in [1.165, 1.54) is 0 Å². The molecule has 0 aromatic heterocycles. The minimum atomic E-state index is -0.129. The molecule has 0 aliphatic heterocycles. The van der Waals surface area contributed by atoms with E-state index in [1.807, 2.05) is 12.1 Å². The molecule has 0 heterocycles. The predicted molar refractivity (Wildman–Crippen MR) is 38.5 cm³/mol. The quantitative estimate of drug-likeness (QED) is 0.405. The molecule has 3 heteroatoms. The van der Waals surface area contributed by atoms with Gasteiger partial charge in [-0.15, -0.1) is 0 Å². The van der Waals surface area contributed by atoms with Crippen molar-refractivity contribution in [3.63, 3.8) is 0 Å². The topological polar surface area (TPSA) is 46.2 Å². The van der Waals surface area contributed by atoms with Gasteiger partial charge >= 0.3 is 0 Å². The summed E-state index contributed by atoms with van der Waals surface area (Å²) in [6.07, 6.45) is 0. The van der Waals surface area contributed by atoms with Gasteiger partial charge < -0.3 is 10.5 Å². The van der Waals surface area contributed by atoms with E-state index in [1.54, 1.807) is 12.1 Å². The Morgan fingerprint density at radius 2 is 1.78 bits per heavy atom. The molecule has 0 unspecified atom stereocenters. The fraction of sp³-hybridized carbons (Fsp3) is 0. The van der Waals surface area contributed by atoms with E-state index in [9.17, 15) is 0 Å². The van der Waals surface area contributed by atoms with E-state index in [2.05, 4.69) is 0 Å². The fourth-order valence-corrected chi connectivity index (χ4v) is 0.873. The third-order valence-electron chi connectivity index (χ3n) is 1.04. The van der Waals surface area contributed by atoms with Crippen LogP contribution in [-0.2, 0) is 0 Å². The van der Waals surface area contributed by atoms with Gasteiger partial charge in [0.2, 0.25) is 0 Å². The van der Waals surface area contributed by atoms with Crippen LogP contribution in [0.3, 0.4) is 0 Å². The Morgan fingerprint density at radius 3 is 2.22 bits per heavy atom. The van der Waals surface area contributed by atoms with Crippen molar-refractivity contribution in [2.24, 2.45) is 0 Å². The molecule has 0 spiro atoms. The van der Waals surface area contributed by atoms with Crippen molar-refractivity contribution in [2.75, 3.05) is 5.73 Å². The van der Waals surface area contributed by atoms with Crippen LogP contribution < -0.4 is 10.9 Å². The van der Waals surface area contributed by atoms with Crippen LogP contribution in [0.25, 0.3) is 0 Å². The van der Waals surface area contributed by atoms with Crippen molar-refractivity contribution in [1.29, 1.82) is 0 Å². The maximum Gasteiger partial charge on any atom is 0.265 e. The van der Waals surface area contributed by atoms with Crippen LogP contribution in [0.1, 0.15) is 0 Å². The predicted octanol–water partition coefficient (Wildman–Crippen LogP) is -0.494. The van der Waals surface area contributed by atoms with E-state index >= 15 is 0 Å². The molecule has 0 bridgehead atoms. The van der Waals surface area contributed by atoms with Crippen molar-refractivity contribution >= 4 is 20.6 Å². The normalized spacial score (nSPS) is 9.44. The first kappa shape index (κ1) is 6.32. The van der Waals surface area contributed by atoms with E-state index < -0.39 is 0 Å². The van der Waals surface area contributed by atoms with Crippen LogP contribution in [-0.4, -0.2) is 14.6 Å². The molecule has 3 N–H and O–H groups in total. The van der Waals surface area contributed by atoms with Crippen LogP contribution in [0, 0.1) is 0 Å². The third-order valence-corrected chi connectivity index (χ3v) is 1.63. The van der Waals surface area contributed by atoms with Crippen LogP contribution in [0.5, 0.6) is 0 Å². The zero-order valence-electron chi connectivity index (χ0n) is 4.83. The second-order valence-electron chi connectivity index (χ2n) is 1.73. The molecule has 9 heavy (non-hydrogen) atoms. The number of hydrogen-bond acceptors (Lipinski definition) is 2. The average Bonchev–Trinajstić information content (AvgIpc) is 1.90. The number of anilines is 1. The van der Waals surface area contributed by atoms with E-state index in [0.717, 1.165) is 10.9 Å². The summed E-state index contributed by atoms with van der Waals surface area (Å²) in [7, 11) is -0.129. The van der Waals surface area contributed by atoms with E-state index in [-0.39, 0.29) is 9.76 Å². The summed E-state index contributed by atoms with van der Waals surface area (Å²) in [5, 5.41) is 0.921. The lowest BCUT2D eigenvalue weighted by Gasteiger charge is -1.92. The summed E-state index contributed by atoms with van der Waals surface area (Å²) in [4.78, 5) is 8.62. The van der Waals surface area contributed by atoms with Gasteiger partial charge in [0.1, 0.15) is 0 Å². The number of nitrogen functional groups attached to an aromatic ring is 1. The summed E-state index contributed by atoms with van der Waals surface area (Å²) >= 11 is 0. The minimum Gasteiger partial charge on any atom is -0.428 e. The second kappa shape index (κ2) is 2.66. The molecule has 1 aromatic rings. The minimum absolute atomic E-state index is 0.129. The number of benzene rings is 1. The maximum atomic E-state index is 8.62. The monoisotopic (exact) mass is 137 g/mol. The maximum absolute atomic E-state index is 8.62. The Hall–Kier alpha value is -0.803. The standard InChI is InChI=1S/C6H7NOSi/c7-5-1-3-6(9-8)4-2-5/h1-4,8H,7H2. The highest BCUT2D eigenvalue weighted by Crippen LogP contribution is 1.94. The Balaban J connectivity index is 2.88. The molecule has 0 aliphatic rings. The molecule has 2 radical (unpaired) electrons. The van der Waals surface area contributed by atoms with Gasteiger partial charge in [0, 0.05) is 5.69 Å². The van der Waals surface area contributed by atoms with E-state index in [4.69, 9.17) is 10.5 Å². The average molecular weight is 137 g/mol. The molecule has 46 valence electrons. The van der Waals surface area contributed by atoms with Crippen molar-refractivity contribution < 1.29 is 4.80 Å². The summed E-state index contributed by atoms with van der Waals surface area (Å²) in [5.41, 5.74) is 6.14. The molecule has 0 saturated carbocycles. The Morgan fingerprint density at radius 1 is 1.22 bits per heavy atom. The number of hydrogen-bond donors (Lipinski definition) is 2. The molecular weight excluding hydrogens is 130 g/mol. The number of nitrogens with two attached hydrogens (primary N) is 1. The fourth-order valence-electron chi connectivity index (χ4n) is 0.558. The van der Waals surface area contributed by atoms with Crippen LogP contribution >= 0.6 is 0 Å².